The zero-order valence-corrected chi connectivity index (χ0v) is 13.3. The maximum atomic E-state index is 3.28. The molecule has 0 spiro atoms. The van der Waals surface area contributed by atoms with Gasteiger partial charge in [-0.2, -0.15) is 0 Å². The van der Waals surface area contributed by atoms with Gasteiger partial charge in [-0.3, -0.25) is 4.90 Å². The molecule has 1 aliphatic rings. The number of likely N-dealkylation sites (tertiary alicyclic amines) is 1. The first-order valence-corrected chi connectivity index (χ1v) is 8.16. The molecule has 112 valence electrons. The average Bonchev–Trinajstić information content (AvgIpc) is 2.47. The van der Waals surface area contributed by atoms with E-state index in [9.17, 15) is 0 Å². The van der Waals surface area contributed by atoms with Crippen molar-refractivity contribution in [3.05, 3.63) is 35.9 Å². The Morgan fingerprint density at radius 1 is 1.15 bits per heavy atom. The molecule has 0 radical (unpaired) electrons. The third kappa shape index (κ3) is 4.07. The van der Waals surface area contributed by atoms with E-state index in [1.54, 1.807) is 0 Å². The minimum Gasteiger partial charge on any atom is -0.320 e. The zero-order chi connectivity index (χ0) is 14.4. The quantitative estimate of drug-likeness (QED) is 0.851. The second-order valence-electron chi connectivity index (χ2n) is 6.47. The molecular weight excluding hydrogens is 244 g/mol. The van der Waals surface area contributed by atoms with E-state index in [4.69, 9.17) is 0 Å². The summed E-state index contributed by atoms with van der Waals surface area (Å²) in [6.07, 6.45) is 4.05. The van der Waals surface area contributed by atoms with Crippen LogP contribution in [0, 0.1) is 11.8 Å². The van der Waals surface area contributed by atoms with Crippen molar-refractivity contribution in [3.8, 4) is 0 Å². The molecule has 0 amide bonds. The lowest BCUT2D eigenvalue weighted by molar-refractivity contribution is 0.101. The predicted molar refractivity (Wildman–Crippen MR) is 86.9 cm³/mol. The Bertz CT molecular complexity index is 366. The number of benzene rings is 1. The van der Waals surface area contributed by atoms with Gasteiger partial charge in [-0.05, 0) is 63.3 Å². The maximum Gasteiger partial charge on any atom is 0.0371 e. The van der Waals surface area contributed by atoms with E-state index in [1.165, 1.54) is 37.9 Å². The van der Waals surface area contributed by atoms with Gasteiger partial charge in [0.25, 0.3) is 0 Å². The molecule has 1 N–H and O–H groups in total. The highest BCUT2D eigenvalue weighted by molar-refractivity contribution is 5.19. The molecule has 1 aliphatic heterocycles. The van der Waals surface area contributed by atoms with Crippen LogP contribution in [0.25, 0.3) is 0 Å². The summed E-state index contributed by atoms with van der Waals surface area (Å²) in [5.74, 6) is 1.59. The smallest absolute Gasteiger partial charge is 0.0371 e. The molecule has 0 bridgehead atoms. The van der Waals surface area contributed by atoms with Crippen LogP contribution in [0.1, 0.15) is 44.7 Å². The molecule has 1 aromatic rings. The van der Waals surface area contributed by atoms with Gasteiger partial charge in [0.1, 0.15) is 0 Å². The van der Waals surface area contributed by atoms with Crippen LogP contribution in [-0.4, -0.2) is 31.6 Å². The first kappa shape index (κ1) is 15.5. The minimum atomic E-state index is 0.585. The number of nitrogens with one attached hydrogen (secondary N) is 1. The van der Waals surface area contributed by atoms with Crippen molar-refractivity contribution in [1.82, 2.24) is 10.2 Å². The molecule has 1 fully saturated rings. The number of hydrogen-bond donors (Lipinski definition) is 1. The molecular formula is C18H30N2. The summed E-state index contributed by atoms with van der Waals surface area (Å²) in [6, 6.07) is 11.6. The van der Waals surface area contributed by atoms with E-state index in [-0.39, 0.29) is 0 Å². The normalized spacial score (nSPS) is 19.4. The van der Waals surface area contributed by atoms with Crippen molar-refractivity contribution < 1.29 is 0 Å². The summed E-state index contributed by atoms with van der Waals surface area (Å²) in [4.78, 5) is 2.70. The summed E-state index contributed by atoms with van der Waals surface area (Å²) in [5.41, 5.74) is 1.48. The predicted octanol–water partition coefficient (Wildman–Crippen LogP) is 3.71. The van der Waals surface area contributed by atoms with Crippen molar-refractivity contribution in [2.24, 2.45) is 11.8 Å². The molecule has 1 atom stereocenters. The van der Waals surface area contributed by atoms with Gasteiger partial charge in [0.05, 0.1) is 0 Å². The van der Waals surface area contributed by atoms with Crippen molar-refractivity contribution in [2.75, 3.05) is 26.7 Å². The topological polar surface area (TPSA) is 15.3 Å². The first-order valence-electron chi connectivity index (χ1n) is 8.16. The molecule has 1 unspecified atom stereocenters. The van der Waals surface area contributed by atoms with Crippen molar-refractivity contribution >= 4 is 0 Å². The Hall–Kier alpha value is -0.860. The van der Waals surface area contributed by atoms with Crippen LogP contribution in [0.5, 0.6) is 0 Å². The number of nitrogens with zero attached hydrogens (tertiary/aromatic N) is 1. The Balaban J connectivity index is 1.96. The van der Waals surface area contributed by atoms with Crippen LogP contribution in [0.3, 0.4) is 0 Å². The third-order valence-electron chi connectivity index (χ3n) is 4.62. The lowest BCUT2D eigenvalue weighted by Crippen LogP contribution is -2.39. The molecule has 1 saturated heterocycles. The summed E-state index contributed by atoms with van der Waals surface area (Å²) in [6.45, 7) is 8.38. The van der Waals surface area contributed by atoms with Gasteiger partial charge in [0.15, 0.2) is 0 Å². The summed E-state index contributed by atoms with van der Waals surface area (Å²) >= 11 is 0. The SMILES string of the molecule is CNCCC1CCN(C(c2ccccc2)C(C)C)CC1. The third-order valence-corrected chi connectivity index (χ3v) is 4.62. The van der Waals surface area contributed by atoms with E-state index < -0.39 is 0 Å². The van der Waals surface area contributed by atoms with E-state index in [1.807, 2.05) is 0 Å². The average molecular weight is 274 g/mol. The van der Waals surface area contributed by atoms with E-state index in [2.05, 4.69) is 61.4 Å². The molecule has 0 aromatic heterocycles. The summed E-state index contributed by atoms with van der Waals surface area (Å²) in [5, 5.41) is 3.28. The minimum absolute atomic E-state index is 0.585. The van der Waals surface area contributed by atoms with Crippen LogP contribution < -0.4 is 5.32 Å². The number of rotatable bonds is 6. The second kappa shape index (κ2) is 7.80. The first-order chi connectivity index (χ1) is 9.72. The van der Waals surface area contributed by atoms with Gasteiger partial charge in [0, 0.05) is 6.04 Å². The molecule has 20 heavy (non-hydrogen) atoms. The molecule has 0 saturated carbocycles. The van der Waals surface area contributed by atoms with Gasteiger partial charge >= 0.3 is 0 Å². The van der Waals surface area contributed by atoms with Crippen molar-refractivity contribution in [2.45, 2.75) is 39.2 Å². The highest BCUT2D eigenvalue weighted by atomic mass is 15.2. The lowest BCUT2D eigenvalue weighted by atomic mass is 9.88. The maximum absolute atomic E-state index is 3.28. The fourth-order valence-electron chi connectivity index (χ4n) is 3.54. The Morgan fingerprint density at radius 3 is 2.35 bits per heavy atom. The van der Waals surface area contributed by atoms with Gasteiger partial charge < -0.3 is 5.32 Å². The second-order valence-corrected chi connectivity index (χ2v) is 6.47. The number of piperidine rings is 1. The molecule has 2 heteroatoms. The Labute approximate surface area is 124 Å². The number of hydrogen-bond acceptors (Lipinski definition) is 2. The van der Waals surface area contributed by atoms with Crippen LogP contribution in [0.4, 0.5) is 0 Å². The largest absolute Gasteiger partial charge is 0.320 e. The fourth-order valence-corrected chi connectivity index (χ4v) is 3.54. The van der Waals surface area contributed by atoms with Crippen LogP contribution in [0.2, 0.25) is 0 Å². The van der Waals surface area contributed by atoms with Gasteiger partial charge in [0.2, 0.25) is 0 Å². The van der Waals surface area contributed by atoms with Crippen molar-refractivity contribution in [1.29, 1.82) is 0 Å². The fraction of sp³-hybridized carbons (Fsp3) is 0.667. The Morgan fingerprint density at radius 2 is 1.80 bits per heavy atom. The monoisotopic (exact) mass is 274 g/mol. The van der Waals surface area contributed by atoms with Gasteiger partial charge in [-0.1, -0.05) is 44.2 Å². The van der Waals surface area contributed by atoms with E-state index >= 15 is 0 Å². The highest BCUT2D eigenvalue weighted by Crippen LogP contribution is 2.32. The van der Waals surface area contributed by atoms with E-state index in [0.717, 1.165) is 12.5 Å². The van der Waals surface area contributed by atoms with E-state index in [0.29, 0.717) is 12.0 Å². The summed E-state index contributed by atoms with van der Waals surface area (Å²) in [7, 11) is 2.05. The molecule has 0 aliphatic carbocycles. The molecule has 1 heterocycles. The van der Waals surface area contributed by atoms with Gasteiger partial charge in [-0.25, -0.2) is 0 Å². The molecule has 1 aromatic carbocycles. The van der Waals surface area contributed by atoms with Crippen LogP contribution in [0.15, 0.2) is 30.3 Å². The molecule has 2 rings (SSSR count). The zero-order valence-electron chi connectivity index (χ0n) is 13.3. The summed E-state index contributed by atoms with van der Waals surface area (Å²) < 4.78 is 0. The standard InChI is InChI=1S/C18H30N2/c1-15(2)18(17-7-5-4-6-8-17)20-13-10-16(11-14-20)9-12-19-3/h4-8,15-16,18-19H,9-14H2,1-3H3. The van der Waals surface area contributed by atoms with Crippen molar-refractivity contribution in [3.63, 3.8) is 0 Å². The molecule has 2 nitrogen and oxygen atoms in total. The van der Waals surface area contributed by atoms with Crippen LogP contribution >= 0.6 is 0 Å². The Kier molecular flexibility index (Phi) is 6.06. The lowest BCUT2D eigenvalue weighted by Gasteiger charge is -2.40. The highest BCUT2D eigenvalue weighted by Gasteiger charge is 2.27. The van der Waals surface area contributed by atoms with Crippen LogP contribution in [-0.2, 0) is 0 Å². The van der Waals surface area contributed by atoms with Gasteiger partial charge in [-0.15, -0.1) is 0 Å².